The van der Waals surface area contributed by atoms with Crippen LogP contribution in [0.5, 0.6) is 0 Å². The van der Waals surface area contributed by atoms with Gasteiger partial charge in [0.25, 0.3) is 27.8 Å². The minimum Gasteiger partial charge on any atom is -0.870 e. The van der Waals surface area contributed by atoms with Gasteiger partial charge in [-0.1, -0.05) is 25.2 Å². The van der Waals surface area contributed by atoms with Gasteiger partial charge in [0.1, 0.15) is 39.7 Å². The molecule has 5 aromatic rings. The van der Waals surface area contributed by atoms with E-state index in [2.05, 4.69) is 80.0 Å². The first-order valence-electron chi connectivity index (χ1n) is 41.2. The Hall–Kier alpha value is -7.79. The number of H-pyrrole nitrogens is 5. The number of aldehydes is 1. The number of nitriles is 1. The van der Waals surface area contributed by atoms with E-state index in [0.29, 0.717) is 77.8 Å². The third-order valence-corrected chi connectivity index (χ3v) is 30.0. The maximum absolute atomic E-state index is 12.5. The molecule has 12 unspecified atom stereocenters. The number of nitrogens with one attached hydrogen (secondary N) is 6. The standard InChI is InChI=1S/C21H35N5O5P2.C15H22N3O5P.C13H20N3O4P.C12H17N3O5.C12H15N3O5.C5H14O5P2.Na.H2O/c1-6-26(17(2)3)32(30-14-7-11-22)24-12-8-18(10-15-33(4,5)29)31-20(16-24)25-13-9-19(27)23-21(25)28;1-11(19)17-7-4-12(6-9-24(2,3)22)23-14(10-17)18-8-5-13(20)16-15(18)21;1-21(2,19)8-5-10-3-6-14-9-12(20-10)16-7-4-11(17)15-13(16)18;2*1-8(17)14-4-2-9(7-16)20-11(6-14)15-5-3-10(18)13-12(15)19;1-8-11(4,6)5-12(7,9-2)10-3;;/h9-10,13,15,17-18,20H,6-8,12,14,16H2,1-5H3,(H,23,27,28);5-6,8-9,12,14H,4,7,10H2,1-3H3,(H,16,20,21);4-5,7-8,10,12,14H,3,6,9H2,1-2H3,(H,15,17,18);3,5,9,11,16H,2,4,6-7H2,1H3,(H,13,18,19);3,5,7,9,11H,2,4,6H2,1H3,(H,13,18,19);5H2,1-4H3;;1H2/q;;;;;;+1;/p-1/b15-10+;9-6+;8-5+;;;;;. The van der Waals surface area contributed by atoms with E-state index in [9.17, 15) is 95.1 Å². The van der Waals surface area contributed by atoms with E-state index in [1.165, 1.54) is 138 Å². The average Bonchev–Trinajstić information content (AvgIpc) is 1.58. The molecule has 47 nitrogen and oxygen atoms in total. The van der Waals surface area contributed by atoms with Gasteiger partial charge in [0, 0.05) is 155 Å². The van der Waals surface area contributed by atoms with Gasteiger partial charge in [-0.2, -0.15) is 5.26 Å². The second-order valence-corrected chi connectivity index (χ2v) is 48.4. The van der Waals surface area contributed by atoms with Crippen molar-refractivity contribution in [2.75, 3.05) is 159 Å². The number of carbonyl (C=O) groups is 4. The van der Waals surface area contributed by atoms with Gasteiger partial charge in [0.15, 0.2) is 39.6 Å². The molecule has 5 aliphatic heterocycles. The van der Waals surface area contributed by atoms with Crippen LogP contribution < -0.4 is 91.1 Å². The Labute approximate surface area is 784 Å². The molecule has 5 aliphatic rings. The number of aliphatic hydroxyl groups excluding tert-OH is 1. The molecule has 12 atom stereocenters. The van der Waals surface area contributed by atoms with Crippen molar-refractivity contribution in [1.82, 2.24) is 77.1 Å². The number of amides is 3. The molecule has 0 aliphatic carbocycles. The first-order chi connectivity index (χ1) is 61.0. The molecule has 54 heteroatoms. The van der Waals surface area contributed by atoms with E-state index in [1.807, 2.05) is 0 Å². The first-order valence-corrected chi connectivity index (χ1v) is 54.4. The summed E-state index contributed by atoms with van der Waals surface area (Å²) >= 11 is 0. The van der Waals surface area contributed by atoms with Gasteiger partial charge in [-0.05, 0) is 110 Å². The predicted octanol–water partition coefficient (Wildman–Crippen LogP) is 0.857. The summed E-state index contributed by atoms with van der Waals surface area (Å²) in [6, 6.07) is 8.52. The Morgan fingerprint density at radius 3 is 1.18 bits per heavy atom. The Morgan fingerprint density at radius 1 is 0.523 bits per heavy atom. The molecule has 8 N–H and O–H groups in total. The number of rotatable bonds is 25. The topological polar surface area (TPSA) is 613 Å². The van der Waals surface area contributed by atoms with Crippen molar-refractivity contribution in [3.8, 4) is 6.07 Å². The zero-order valence-corrected chi connectivity index (χ0v) is 84.6. The molecule has 0 radical (unpaired) electrons. The molecule has 132 heavy (non-hydrogen) atoms. The predicted molar refractivity (Wildman–Crippen MR) is 489 cm³/mol. The van der Waals surface area contributed by atoms with Gasteiger partial charge in [-0.15, -0.1) is 0 Å². The maximum atomic E-state index is 12.5. The number of nitrogens with zero attached hydrogens (tertiary/aromatic N) is 11. The van der Waals surface area contributed by atoms with Crippen molar-refractivity contribution in [3.05, 3.63) is 201 Å². The number of aromatic amines is 5. The van der Waals surface area contributed by atoms with Crippen molar-refractivity contribution in [2.24, 2.45) is 0 Å². The second kappa shape index (κ2) is 56.7. The first kappa shape index (κ1) is 118. The van der Waals surface area contributed by atoms with Crippen LogP contribution in [0, 0.1) is 11.3 Å². The number of carbonyl (C=O) groups excluding carboxylic acids is 4. The van der Waals surface area contributed by atoms with Crippen molar-refractivity contribution in [1.29, 1.82) is 5.26 Å². The Kier molecular flexibility index (Phi) is 50.8. The fourth-order valence-electron chi connectivity index (χ4n) is 12.7. The monoisotopic (exact) mass is 1990 g/mol. The third kappa shape index (κ3) is 41.4. The van der Waals surface area contributed by atoms with Gasteiger partial charge in [0.2, 0.25) is 25.1 Å². The van der Waals surface area contributed by atoms with Crippen LogP contribution in [-0.4, -0.2) is 302 Å². The van der Waals surface area contributed by atoms with Crippen LogP contribution in [0.2, 0.25) is 0 Å². The molecule has 0 spiro atoms. The van der Waals surface area contributed by atoms with Gasteiger partial charge >= 0.3 is 65.6 Å². The average molecular weight is 1990 g/mol. The summed E-state index contributed by atoms with van der Waals surface area (Å²) in [5.74, 6) is 4.37. The summed E-state index contributed by atoms with van der Waals surface area (Å²) in [6.45, 7) is 26.9. The minimum absolute atomic E-state index is 0. The van der Waals surface area contributed by atoms with Crippen molar-refractivity contribution in [3.63, 3.8) is 0 Å². The zero-order chi connectivity index (χ0) is 97.2. The van der Waals surface area contributed by atoms with E-state index >= 15 is 0 Å². The fourth-order valence-corrected chi connectivity index (χ4v) is 20.6. The van der Waals surface area contributed by atoms with Gasteiger partial charge in [-0.25, -0.2) is 33.3 Å². The zero-order valence-electron chi connectivity index (χ0n) is 77.2. The summed E-state index contributed by atoms with van der Waals surface area (Å²) in [7, 11) is -10.5. The number of ether oxygens (including phenoxy) is 5. The van der Waals surface area contributed by atoms with Crippen molar-refractivity contribution >= 4 is 68.8 Å². The van der Waals surface area contributed by atoms with Crippen LogP contribution in [0.4, 0.5) is 0 Å². The molecule has 0 bridgehead atoms. The van der Waals surface area contributed by atoms with Crippen molar-refractivity contribution in [2.45, 2.75) is 148 Å². The molecule has 10 rings (SSSR count). The maximum Gasteiger partial charge on any atom is 1.00 e. The van der Waals surface area contributed by atoms with E-state index in [4.69, 9.17) is 33.5 Å². The molecule has 0 aromatic carbocycles. The molecule has 732 valence electrons. The molecule has 5 saturated heterocycles. The van der Waals surface area contributed by atoms with Crippen LogP contribution in [-0.2, 0) is 83.8 Å². The van der Waals surface area contributed by atoms with Crippen LogP contribution >= 0.6 is 44.8 Å². The Morgan fingerprint density at radius 2 is 0.856 bits per heavy atom. The summed E-state index contributed by atoms with van der Waals surface area (Å²) in [4.78, 5) is 177. The largest absolute Gasteiger partial charge is 1.00 e. The SMILES string of the molecule is CC(=O)N1CCC(/C=C/P(C)(C)=O)OC(n2ccc(=O)[nH]c2=O)C1.CC(=O)N1CCC(C=O)OC(n2ccc(=O)[nH]c2=O)C1.CC(=O)N1CCC(CO)OC(n2ccc(=O)[nH]c2=O)C1.CCN(C(C)C)P(OCCC#N)N1CCC(/C=C/P(C)(C)=O)OC(n2ccc(=O)[nH]c2=O)C1.COP(C)(=O)CP(=O)(OC)OC.CP(C)(=O)/C=C/C1CCNCC(n2ccc(=O)[nH]c2=O)O1.[Na+].[OH-]. The number of hydrogen-bond donors (Lipinski definition) is 7. The number of aromatic nitrogens is 10. The van der Waals surface area contributed by atoms with Gasteiger partial charge < -0.3 is 90.9 Å². The van der Waals surface area contributed by atoms with Crippen molar-refractivity contribution < 1.29 is 124 Å². The molecule has 0 saturated carbocycles. The van der Waals surface area contributed by atoms with Crippen LogP contribution in [0.25, 0.3) is 0 Å². The Bertz CT molecular complexity index is 5600. The molecular formula is C78H124N17NaO30P6. The normalized spacial score (nSPS) is 21.9. The molecule has 10 heterocycles. The Balaban J connectivity index is 0.000000415. The van der Waals surface area contributed by atoms with Crippen LogP contribution in [0.15, 0.2) is 145 Å². The third-order valence-electron chi connectivity index (χ3n) is 19.5. The van der Waals surface area contributed by atoms with E-state index < -0.39 is 144 Å². The quantitative estimate of drug-likeness (QED) is 0.0184. The van der Waals surface area contributed by atoms with Gasteiger partial charge in [-0.3, -0.25) is 95.2 Å². The van der Waals surface area contributed by atoms with E-state index in [-0.39, 0.29) is 116 Å². The molecule has 5 fully saturated rings. The van der Waals surface area contributed by atoms with E-state index in [1.54, 1.807) is 85.5 Å². The van der Waals surface area contributed by atoms with Crippen LogP contribution in [0.3, 0.4) is 0 Å². The fraction of sp³-hybridized carbons (Fsp3) is 0.603. The smallest absolute Gasteiger partial charge is 0.870 e. The molecular weight excluding hydrogens is 1860 g/mol. The van der Waals surface area contributed by atoms with Crippen LogP contribution in [0.1, 0.15) is 111 Å². The summed E-state index contributed by atoms with van der Waals surface area (Å²) in [5, 5.41) is 21.4. The second-order valence-electron chi connectivity index (χ2n) is 31.6. The number of hydrogen-bond acceptors (Lipinski definition) is 34. The minimum atomic E-state index is -3.21. The summed E-state index contributed by atoms with van der Waals surface area (Å²) < 4.78 is 119. The summed E-state index contributed by atoms with van der Waals surface area (Å²) in [5.41, 5.74) is -5.34. The number of aliphatic hydroxyl groups is 1. The van der Waals surface area contributed by atoms with Gasteiger partial charge in [0.05, 0.1) is 76.3 Å². The summed E-state index contributed by atoms with van der Waals surface area (Å²) in [6.07, 6.45) is 10.2. The molecule has 5 aromatic heterocycles. The van der Waals surface area contributed by atoms with E-state index in [0.717, 1.165) is 19.5 Å². The molecule has 3 amide bonds.